The van der Waals surface area contributed by atoms with Crippen molar-refractivity contribution in [2.45, 2.75) is 224 Å². The summed E-state index contributed by atoms with van der Waals surface area (Å²) in [4.78, 5) is 13.0. The van der Waals surface area contributed by atoms with Gasteiger partial charge < -0.3 is 40.3 Å². The minimum atomic E-state index is -1.57. The molecule has 9 nitrogen and oxygen atoms in total. The van der Waals surface area contributed by atoms with Gasteiger partial charge in [0.05, 0.1) is 25.4 Å². The highest BCUT2D eigenvalue weighted by atomic mass is 16.7. The van der Waals surface area contributed by atoms with Crippen LogP contribution in [0.25, 0.3) is 0 Å². The van der Waals surface area contributed by atoms with Gasteiger partial charge in [0, 0.05) is 6.42 Å². The quantitative estimate of drug-likeness (QED) is 0.0263. The van der Waals surface area contributed by atoms with Crippen LogP contribution < -0.4 is 5.32 Å². The summed E-state index contributed by atoms with van der Waals surface area (Å²) >= 11 is 0. The van der Waals surface area contributed by atoms with Gasteiger partial charge in [0.25, 0.3) is 0 Å². The van der Waals surface area contributed by atoms with E-state index in [9.17, 15) is 30.3 Å². The number of aliphatic hydroxyl groups excluding tert-OH is 5. The Morgan fingerprint density at radius 2 is 0.984 bits per heavy atom. The number of amides is 1. The van der Waals surface area contributed by atoms with Crippen molar-refractivity contribution >= 4 is 5.91 Å². The Morgan fingerprint density at radius 3 is 1.43 bits per heavy atom. The maximum absolute atomic E-state index is 13.0. The molecule has 360 valence electrons. The summed E-state index contributed by atoms with van der Waals surface area (Å²) in [6.45, 7) is 3.67. The Balaban J connectivity index is 2.32. The monoisotopic (exact) mass is 882 g/mol. The van der Waals surface area contributed by atoms with E-state index < -0.39 is 49.5 Å². The molecule has 0 aromatic heterocycles. The van der Waals surface area contributed by atoms with Crippen LogP contribution in [0, 0.1) is 0 Å². The molecule has 1 amide bonds. The molecule has 0 aromatic rings. The molecule has 7 unspecified atom stereocenters. The van der Waals surface area contributed by atoms with Gasteiger partial charge in [0.1, 0.15) is 24.4 Å². The van der Waals surface area contributed by atoms with E-state index in [1.807, 2.05) is 0 Å². The molecule has 0 aromatic carbocycles. The highest BCUT2D eigenvalue weighted by molar-refractivity contribution is 5.76. The number of unbranched alkanes of at least 4 members (excludes halogenated alkanes) is 14. The predicted molar refractivity (Wildman–Crippen MR) is 262 cm³/mol. The van der Waals surface area contributed by atoms with E-state index in [0.29, 0.717) is 19.3 Å². The molecule has 63 heavy (non-hydrogen) atoms. The highest BCUT2D eigenvalue weighted by Gasteiger charge is 2.44. The van der Waals surface area contributed by atoms with Gasteiger partial charge in [-0.15, -0.1) is 0 Å². The molecule has 0 spiro atoms. The smallest absolute Gasteiger partial charge is 0.220 e. The predicted octanol–water partition coefficient (Wildman–Crippen LogP) is 11.3. The average molecular weight is 882 g/mol. The lowest BCUT2D eigenvalue weighted by Crippen LogP contribution is -2.60. The summed E-state index contributed by atoms with van der Waals surface area (Å²) in [6.07, 6.45) is 54.2. The number of carbonyl (C=O) groups excluding carboxylic acids is 1. The summed E-state index contributed by atoms with van der Waals surface area (Å²) in [5, 5.41) is 54.4. The van der Waals surface area contributed by atoms with Crippen LogP contribution in [0.4, 0.5) is 0 Å². The number of ether oxygens (including phenoxy) is 2. The largest absolute Gasteiger partial charge is 0.394 e. The highest BCUT2D eigenvalue weighted by Crippen LogP contribution is 2.23. The number of hydrogen-bond acceptors (Lipinski definition) is 8. The van der Waals surface area contributed by atoms with Crippen molar-refractivity contribution in [3.63, 3.8) is 0 Å². The minimum absolute atomic E-state index is 0.162. The summed E-state index contributed by atoms with van der Waals surface area (Å²) in [5.74, 6) is -0.192. The topological polar surface area (TPSA) is 149 Å². The Kier molecular flexibility index (Phi) is 39.7. The lowest BCUT2D eigenvalue weighted by molar-refractivity contribution is -0.302. The first-order valence-corrected chi connectivity index (χ1v) is 24.9. The Morgan fingerprint density at radius 1 is 0.556 bits per heavy atom. The molecular weight excluding hydrogens is 791 g/mol. The van der Waals surface area contributed by atoms with Crippen LogP contribution in [0.2, 0.25) is 0 Å². The molecule has 1 fully saturated rings. The van der Waals surface area contributed by atoms with Crippen LogP contribution in [0.15, 0.2) is 97.2 Å². The van der Waals surface area contributed by atoms with Crippen LogP contribution in [-0.4, -0.2) is 87.5 Å². The molecule has 1 heterocycles. The fourth-order valence-electron chi connectivity index (χ4n) is 7.23. The number of allylic oxidation sites excluding steroid dienone is 16. The van der Waals surface area contributed by atoms with E-state index in [4.69, 9.17) is 9.47 Å². The number of carbonyl (C=O) groups is 1. The van der Waals surface area contributed by atoms with Crippen LogP contribution in [0.5, 0.6) is 0 Å². The van der Waals surface area contributed by atoms with Crippen molar-refractivity contribution in [2.24, 2.45) is 0 Å². The number of rotatable bonds is 40. The number of hydrogen-bond donors (Lipinski definition) is 6. The Hall–Kier alpha value is -2.89. The molecular formula is C54H91NO8. The zero-order chi connectivity index (χ0) is 45.9. The molecule has 0 aliphatic carbocycles. The molecule has 1 aliphatic heterocycles. The van der Waals surface area contributed by atoms with Crippen LogP contribution in [0.1, 0.15) is 181 Å². The zero-order valence-electron chi connectivity index (χ0n) is 39.5. The van der Waals surface area contributed by atoms with Gasteiger partial charge in [-0.2, -0.15) is 0 Å². The molecule has 6 N–H and O–H groups in total. The first-order chi connectivity index (χ1) is 30.8. The van der Waals surface area contributed by atoms with Gasteiger partial charge in [-0.1, -0.05) is 195 Å². The van der Waals surface area contributed by atoms with Crippen LogP contribution in [0.3, 0.4) is 0 Å². The summed E-state index contributed by atoms with van der Waals surface area (Å²) < 4.78 is 11.2. The standard InChI is InChI=1S/C54H91NO8/c1-3-5-7-9-11-13-15-17-18-19-20-21-22-23-24-25-26-27-28-29-30-32-34-36-38-40-42-44-50(58)55-47(46-62-54-53(61)52(60)51(59)49(45-56)63-54)48(57)43-41-39-37-35-33-31-16-14-12-10-8-6-4-2/h5,7,11,13,17-18,20-21,23-24,26-27,29-30,34,36,47-49,51-54,56-57,59-61H,3-4,6,8-10,12,14-16,19,22,25,28,31-33,35,37-46H2,1-2H3,(H,55,58)/b7-5-,13-11-,18-17-,21-20-,24-23-,27-26-,30-29-,36-34-. The van der Waals surface area contributed by atoms with Crippen molar-refractivity contribution in [3.05, 3.63) is 97.2 Å². The van der Waals surface area contributed by atoms with Crippen molar-refractivity contribution in [3.8, 4) is 0 Å². The Labute approximate surface area is 383 Å². The summed E-state index contributed by atoms with van der Waals surface area (Å²) in [6, 6.07) is -0.748. The first kappa shape index (κ1) is 58.1. The van der Waals surface area contributed by atoms with Crippen molar-refractivity contribution in [2.75, 3.05) is 13.2 Å². The fraction of sp³-hybridized carbons (Fsp3) is 0.685. The SMILES string of the molecule is CC/C=C\C/C=C\C/C=C\C/C=C\C/C=C\C/C=C\C/C=C\C/C=C\CCCCC(=O)NC(COC1OC(CO)C(O)C(O)C1O)C(O)CCCCCCCCCCCCCCC. The van der Waals surface area contributed by atoms with Gasteiger partial charge in [-0.3, -0.25) is 4.79 Å². The van der Waals surface area contributed by atoms with Crippen molar-refractivity contribution in [1.29, 1.82) is 0 Å². The summed E-state index contributed by atoms with van der Waals surface area (Å²) in [7, 11) is 0. The first-order valence-electron chi connectivity index (χ1n) is 24.9. The Bertz CT molecular complexity index is 1300. The molecule has 0 bridgehead atoms. The van der Waals surface area contributed by atoms with Gasteiger partial charge in [0.2, 0.25) is 5.91 Å². The van der Waals surface area contributed by atoms with E-state index in [2.05, 4.69) is 116 Å². The third-order valence-electron chi connectivity index (χ3n) is 11.2. The van der Waals surface area contributed by atoms with Gasteiger partial charge in [0.15, 0.2) is 6.29 Å². The summed E-state index contributed by atoms with van der Waals surface area (Å²) in [5.41, 5.74) is 0. The lowest BCUT2D eigenvalue weighted by atomic mass is 9.99. The molecule has 7 atom stereocenters. The van der Waals surface area contributed by atoms with E-state index >= 15 is 0 Å². The minimum Gasteiger partial charge on any atom is -0.394 e. The van der Waals surface area contributed by atoms with E-state index in [1.54, 1.807) is 0 Å². The fourth-order valence-corrected chi connectivity index (χ4v) is 7.23. The van der Waals surface area contributed by atoms with Gasteiger partial charge in [-0.05, 0) is 77.0 Å². The average Bonchev–Trinajstić information content (AvgIpc) is 3.28. The van der Waals surface area contributed by atoms with Crippen molar-refractivity contribution in [1.82, 2.24) is 5.32 Å². The van der Waals surface area contributed by atoms with Crippen LogP contribution in [-0.2, 0) is 14.3 Å². The normalized spacial score (nSPS) is 21.0. The molecule has 1 saturated heterocycles. The van der Waals surface area contributed by atoms with Crippen LogP contribution >= 0.6 is 0 Å². The molecule has 9 heteroatoms. The number of aliphatic hydroxyl groups is 5. The van der Waals surface area contributed by atoms with E-state index in [-0.39, 0.29) is 12.5 Å². The molecule has 1 rings (SSSR count). The second-order valence-electron chi connectivity index (χ2n) is 16.9. The third kappa shape index (κ3) is 33.3. The van der Waals surface area contributed by atoms with Crippen molar-refractivity contribution < 1.29 is 39.8 Å². The lowest BCUT2D eigenvalue weighted by Gasteiger charge is -2.40. The van der Waals surface area contributed by atoms with E-state index in [1.165, 1.54) is 64.2 Å². The molecule has 0 saturated carbocycles. The number of nitrogens with one attached hydrogen (secondary N) is 1. The zero-order valence-corrected chi connectivity index (χ0v) is 39.5. The second kappa shape index (κ2) is 43.0. The van der Waals surface area contributed by atoms with Gasteiger partial charge >= 0.3 is 0 Å². The third-order valence-corrected chi connectivity index (χ3v) is 11.2. The second-order valence-corrected chi connectivity index (χ2v) is 16.9. The molecule has 0 radical (unpaired) electrons. The maximum atomic E-state index is 13.0. The van der Waals surface area contributed by atoms with Gasteiger partial charge in [-0.25, -0.2) is 0 Å². The molecule has 1 aliphatic rings. The maximum Gasteiger partial charge on any atom is 0.220 e. The van der Waals surface area contributed by atoms with E-state index in [0.717, 1.165) is 83.5 Å².